The Balaban J connectivity index is 1.30. The molecule has 1 unspecified atom stereocenters. The molecule has 0 aromatic carbocycles. The summed E-state index contributed by atoms with van der Waals surface area (Å²) >= 11 is 1.68. The van der Waals surface area contributed by atoms with Gasteiger partial charge in [-0.3, -0.25) is 19.5 Å². The molecule has 2 saturated heterocycles. The van der Waals surface area contributed by atoms with Crippen molar-refractivity contribution in [2.45, 2.75) is 38.0 Å². The van der Waals surface area contributed by atoms with Gasteiger partial charge in [0.25, 0.3) is 0 Å². The summed E-state index contributed by atoms with van der Waals surface area (Å²) in [5, 5.41) is 4.95. The molecule has 2 fully saturated rings. The van der Waals surface area contributed by atoms with Crippen molar-refractivity contribution in [3.8, 4) is 5.75 Å². The number of pyridine rings is 1. The highest BCUT2D eigenvalue weighted by molar-refractivity contribution is 7.09. The molecule has 2 aromatic heterocycles. The van der Waals surface area contributed by atoms with Crippen molar-refractivity contribution in [3.05, 3.63) is 46.9 Å². The molecule has 0 spiro atoms. The summed E-state index contributed by atoms with van der Waals surface area (Å²) < 4.78 is 5.95. The lowest BCUT2D eigenvalue weighted by Gasteiger charge is -2.37. The van der Waals surface area contributed by atoms with Gasteiger partial charge in [0.2, 0.25) is 11.8 Å². The Labute approximate surface area is 174 Å². The molecule has 0 aliphatic carbocycles. The lowest BCUT2D eigenvalue weighted by molar-refractivity contribution is -0.140. The first kappa shape index (κ1) is 19.8. The third kappa shape index (κ3) is 5.13. The predicted octanol–water partition coefficient (Wildman–Crippen LogP) is 1.90. The number of aromatic nitrogens is 1. The molecular formula is C21H26N4O3S. The van der Waals surface area contributed by atoms with Gasteiger partial charge in [-0.2, -0.15) is 0 Å². The van der Waals surface area contributed by atoms with E-state index in [1.54, 1.807) is 23.7 Å². The van der Waals surface area contributed by atoms with E-state index in [0.29, 0.717) is 26.2 Å². The van der Waals surface area contributed by atoms with Gasteiger partial charge in [-0.05, 0) is 23.6 Å². The Hall–Kier alpha value is -2.45. The molecule has 2 aliphatic heterocycles. The number of ether oxygens (including phenoxy) is 1. The topological polar surface area (TPSA) is 74.8 Å². The molecule has 29 heavy (non-hydrogen) atoms. The Kier molecular flexibility index (Phi) is 6.41. The van der Waals surface area contributed by atoms with Crippen LogP contribution in [-0.4, -0.2) is 64.9 Å². The standard InChI is InChI=1S/C21H26N4O3S/c26-20(24-9-5-16(6-10-24)28-17-3-1-7-22-14-17)13-19-21(27)23-8-11-25(19)15-18-4-2-12-29-18/h1-4,7,12,14,16,19H,5-6,8-11,13,15H2,(H,23,27). The second-order valence-electron chi connectivity index (χ2n) is 7.45. The number of carbonyl (C=O) groups excluding carboxylic acids is 2. The average Bonchev–Trinajstić information content (AvgIpc) is 3.25. The van der Waals surface area contributed by atoms with Crippen LogP contribution in [0.1, 0.15) is 24.1 Å². The average molecular weight is 415 g/mol. The monoisotopic (exact) mass is 414 g/mol. The van der Waals surface area contributed by atoms with Crippen molar-refractivity contribution in [2.24, 2.45) is 0 Å². The zero-order valence-electron chi connectivity index (χ0n) is 16.3. The van der Waals surface area contributed by atoms with Gasteiger partial charge in [-0.1, -0.05) is 6.07 Å². The Morgan fingerprint density at radius 3 is 2.83 bits per heavy atom. The summed E-state index contributed by atoms with van der Waals surface area (Å²) in [4.78, 5) is 34.6. The van der Waals surface area contributed by atoms with Crippen LogP contribution in [0.15, 0.2) is 42.0 Å². The second kappa shape index (κ2) is 9.37. The molecular weight excluding hydrogens is 388 g/mol. The van der Waals surface area contributed by atoms with Crippen LogP contribution >= 0.6 is 11.3 Å². The third-order valence-electron chi connectivity index (χ3n) is 5.48. The summed E-state index contributed by atoms with van der Waals surface area (Å²) in [5.74, 6) is 0.763. The van der Waals surface area contributed by atoms with E-state index < -0.39 is 6.04 Å². The first-order chi connectivity index (χ1) is 14.2. The summed E-state index contributed by atoms with van der Waals surface area (Å²) in [7, 11) is 0. The second-order valence-corrected chi connectivity index (χ2v) is 8.48. The van der Waals surface area contributed by atoms with E-state index in [4.69, 9.17) is 4.74 Å². The van der Waals surface area contributed by atoms with Crippen LogP contribution in [0.4, 0.5) is 0 Å². The Morgan fingerprint density at radius 1 is 1.24 bits per heavy atom. The van der Waals surface area contributed by atoms with Crippen molar-refractivity contribution in [1.82, 2.24) is 20.1 Å². The molecule has 8 heteroatoms. The fourth-order valence-corrected chi connectivity index (χ4v) is 4.63. The molecule has 4 heterocycles. The van der Waals surface area contributed by atoms with Crippen molar-refractivity contribution in [2.75, 3.05) is 26.2 Å². The van der Waals surface area contributed by atoms with Gasteiger partial charge in [-0.15, -0.1) is 11.3 Å². The van der Waals surface area contributed by atoms with E-state index in [9.17, 15) is 9.59 Å². The van der Waals surface area contributed by atoms with Crippen LogP contribution in [0.3, 0.4) is 0 Å². The van der Waals surface area contributed by atoms with Crippen LogP contribution < -0.4 is 10.1 Å². The first-order valence-electron chi connectivity index (χ1n) is 10.1. The predicted molar refractivity (Wildman–Crippen MR) is 111 cm³/mol. The minimum absolute atomic E-state index is 0.0445. The molecule has 1 atom stereocenters. The van der Waals surface area contributed by atoms with E-state index in [2.05, 4.69) is 21.3 Å². The number of nitrogens with zero attached hydrogens (tertiary/aromatic N) is 3. The van der Waals surface area contributed by atoms with E-state index >= 15 is 0 Å². The maximum Gasteiger partial charge on any atom is 0.237 e. The normalized spacial score (nSPS) is 21.0. The fraction of sp³-hybridized carbons (Fsp3) is 0.476. The molecule has 2 aliphatic rings. The number of hydrogen-bond donors (Lipinski definition) is 1. The molecule has 0 radical (unpaired) electrons. The Morgan fingerprint density at radius 2 is 2.10 bits per heavy atom. The SMILES string of the molecule is O=C1NCCN(Cc2cccs2)C1CC(=O)N1CCC(Oc2cccnc2)CC1. The molecule has 2 amide bonds. The summed E-state index contributed by atoms with van der Waals surface area (Å²) in [5.41, 5.74) is 0. The van der Waals surface area contributed by atoms with Crippen molar-refractivity contribution in [3.63, 3.8) is 0 Å². The highest BCUT2D eigenvalue weighted by Gasteiger charge is 2.34. The lowest BCUT2D eigenvalue weighted by atomic mass is 10.0. The number of nitrogens with one attached hydrogen (secondary N) is 1. The molecule has 0 bridgehead atoms. The van der Waals surface area contributed by atoms with E-state index in [-0.39, 0.29) is 24.3 Å². The highest BCUT2D eigenvalue weighted by atomic mass is 32.1. The van der Waals surface area contributed by atoms with Gasteiger partial charge in [0.05, 0.1) is 18.7 Å². The van der Waals surface area contributed by atoms with Gasteiger partial charge >= 0.3 is 0 Å². The van der Waals surface area contributed by atoms with Crippen LogP contribution in [0.25, 0.3) is 0 Å². The van der Waals surface area contributed by atoms with E-state index in [1.807, 2.05) is 28.5 Å². The van der Waals surface area contributed by atoms with Crippen LogP contribution in [0, 0.1) is 0 Å². The van der Waals surface area contributed by atoms with Crippen molar-refractivity contribution >= 4 is 23.2 Å². The maximum atomic E-state index is 12.9. The Bertz CT molecular complexity index is 807. The van der Waals surface area contributed by atoms with Crippen LogP contribution in [0.5, 0.6) is 5.75 Å². The zero-order valence-corrected chi connectivity index (χ0v) is 17.1. The quantitative estimate of drug-likeness (QED) is 0.782. The van der Waals surface area contributed by atoms with Gasteiger partial charge in [0, 0.05) is 56.6 Å². The van der Waals surface area contributed by atoms with Gasteiger partial charge in [0.15, 0.2) is 0 Å². The lowest BCUT2D eigenvalue weighted by Crippen LogP contribution is -2.56. The first-order valence-corrected chi connectivity index (χ1v) is 11.0. The summed E-state index contributed by atoms with van der Waals surface area (Å²) in [6.07, 6.45) is 5.33. The molecule has 0 saturated carbocycles. The number of likely N-dealkylation sites (tertiary alicyclic amines) is 1. The zero-order chi connectivity index (χ0) is 20.1. The number of amides is 2. The molecule has 4 rings (SSSR count). The number of piperidine rings is 1. The number of piperazine rings is 1. The highest BCUT2D eigenvalue weighted by Crippen LogP contribution is 2.21. The summed E-state index contributed by atoms with van der Waals surface area (Å²) in [6, 6.07) is 7.44. The van der Waals surface area contributed by atoms with E-state index in [1.165, 1.54) is 4.88 Å². The van der Waals surface area contributed by atoms with Crippen molar-refractivity contribution in [1.29, 1.82) is 0 Å². The van der Waals surface area contributed by atoms with Crippen LogP contribution in [0.2, 0.25) is 0 Å². The van der Waals surface area contributed by atoms with Gasteiger partial charge in [-0.25, -0.2) is 0 Å². The number of thiophene rings is 1. The maximum absolute atomic E-state index is 12.9. The molecule has 7 nitrogen and oxygen atoms in total. The minimum atomic E-state index is -0.400. The van der Waals surface area contributed by atoms with Crippen molar-refractivity contribution < 1.29 is 14.3 Å². The third-order valence-corrected chi connectivity index (χ3v) is 6.34. The molecule has 2 aromatic rings. The molecule has 154 valence electrons. The molecule has 1 N–H and O–H groups in total. The van der Waals surface area contributed by atoms with Gasteiger partial charge < -0.3 is 15.0 Å². The number of rotatable bonds is 6. The van der Waals surface area contributed by atoms with Crippen LogP contribution in [-0.2, 0) is 16.1 Å². The summed E-state index contributed by atoms with van der Waals surface area (Å²) in [6.45, 7) is 3.42. The smallest absolute Gasteiger partial charge is 0.237 e. The van der Waals surface area contributed by atoms with E-state index in [0.717, 1.165) is 25.1 Å². The number of carbonyl (C=O) groups is 2. The number of hydrogen-bond acceptors (Lipinski definition) is 6. The minimum Gasteiger partial charge on any atom is -0.489 e. The van der Waals surface area contributed by atoms with Gasteiger partial charge in [0.1, 0.15) is 11.9 Å². The fourth-order valence-electron chi connectivity index (χ4n) is 3.90. The largest absolute Gasteiger partial charge is 0.489 e.